The second kappa shape index (κ2) is 8.37. The van der Waals surface area contributed by atoms with E-state index in [1.165, 1.54) is 18.4 Å². The van der Waals surface area contributed by atoms with Gasteiger partial charge in [-0.1, -0.05) is 29.0 Å². The summed E-state index contributed by atoms with van der Waals surface area (Å²) in [5.74, 6) is -0.188. The molecule has 1 aromatic heterocycles. The van der Waals surface area contributed by atoms with E-state index in [1.54, 1.807) is 34.9 Å². The predicted molar refractivity (Wildman–Crippen MR) is 104 cm³/mol. The fraction of sp³-hybridized carbons (Fsp3) is 0.211. The van der Waals surface area contributed by atoms with Gasteiger partial charge in [-0.3, -0.25) is 9.59 Å². The number of fused-ring (bicyclic) bond motifs is 1. The van der Waals surface area contributed by atoms with Gasteiger partial charge in [0, 0.05) is 5.56 Å². The molecule has 0 aliphatic rings. The van der Waals surface area contributed by atoms with Crippen molar-refractivity contribution < 1.29 is 19.1 Å². The normalized spacial score (nSPS) is 11.6. The monoisotopic (exact) mass is 404 g/mol. The zero-order chi connectivity index (χ0) is 19.4. The largest absolute Gasteiger partial charge is 0.494 e. The van der Waals surface area contributed by atoms with Gasteiger partial charge in [0.05, 0.1) is 29.0 Å². The van der Waals surface area contributed by atoms with Crippen molar-refractivity contribution in [1.29, 1.82) is 0 Å². The highest BCUT2D eigenvalue weighted by molar-refractivity contribution is 7.16. The van der Waals surface area contributed by atoms with Crippen LogP contribution in [0.15, 0.2) is 47.5 Å². The molecule has 0 fully saturated rings. The van der Waals surface area contributed by atoms with E-state index in [2.05, 4.69) is 4.99 Å². The smallest absolute Gasteiger partial charge is 0.325 e. The Labute approximate surface area is 164 Å². The fourth-order valence-corrected chi connectivity index (χ4v) is 3.91. The SMILES string of the molecule is CCOc1ccc(C(=O)N=c2sc3cccc(Cl)c3n2CC(=O)OC)cc1. The third kappa shape index (κ3) is 4.20. The number of carbonyl (C=O) groups excluding carboxylic acids is 2. The van der Waals surface area contributed by atoms with E-state index in [4.69, 9.17) is 21.1 Å². The number of amides is 1. The molecule has 6 nitrogen and oxygen atoms in total. The molecule has 0 bridgehead atoms. The molecule has 0 saturated carbocycles. The molecule has 0 aliphatic heterocycles. The Bertz CT molecular complexity index is 1050. The first-order chi connectivity index (χ1) is 13.0. The highest BCUT2D eigenvalue weighted by atomic mass is 35.5. The Hall–Kier alpha value is -2.64. The summed E-state index contributed by atoms with van der Waals surface area (Å²) in [6.07, 6.45) is 0. The summed E-state index contributed by atoms with van der Waals surface area (Å²) in [7, 11) is 1.31. The first-order valence-corrected chi connectivity index (χ1v) is 9.39. The molecule has 0 unspecified atom stereocenters. The van der Waals surface area contributed by atoms with Crippen molar-refractivity contribution in [2.75, 3.05) is 13.7 Å². The Morgan fingerprint density at radius 2 is 1.93 bits per heavy atom. The number of benzene rings is 2. The van der Waals surface area contributed by atoms with E-state index >= 15 is 0 Å². The van der Waals surface area contributed by atoms with Crippen LogP contribution in [-0.4, -0.2) is 30.2 Å². The lowest BCUT2D eigenvalue weighted by Gasteiger charge is -2.05. The molecule has 0 saturated heterocycles. The Balaban J connectivity index is 2.06. The number of carbonyl (C=O) groups is 2. The van der Waals surface area contributed by atoms with Crippen molar-refractivity contribution in [3.8, 4) is 5.75 Å². The van der Waals surface area contributed by atoms with Crippen LogP contribution in [0.3, 0.4) is 0 Å². The minimum atomic E-state index is -0.454. The second-order valence-electron chi connectivity index (χ2n) is 5.51. The quantitative estimate of drug-likeness (QED) is 0.608. The van der Waals surface area contributed by atoms with Crippen molar-refractivity contribution in [3.63, 3.8) is 0 Å². The Kier molecular flexibility index (Phi) is 5.93. The highest BCUT2D eigenvalue weighted by Crippen LogP contribution is 2.25. The molecule has 0 N–H and O–H groups in total. The fourth-order valence-electron chi connectivity index (χ4n) is 2.52. The molecular formula is C19H17ClN2O4S. The van der Waals surface area contributed by atoms with Gasteiger partial charge in [0.25, 0.3) is 5.91 Å². The lowest BCUT2D eigenvalue weighted by molar-refractivity contribution is -0.141. The van der Waals surface area contributed by atoms with Crippen LogP contribution in [0.2, 0.25) is 5.02 Å². The zero-order valence-electron chi connectivity index (χ0n) is 14.8. The average Bonchev–Trinajstić information content (AvgIpc) is 3.00. The van der Waals surface area contributed by atoms with Crippen LogP contribution in [-0.2, 0) is 16.1 Å². The van der Waals surface area contributed by atoms with E-state index in [0.717, 1.165) is 4.70 Å². The number of rotatable bonds is 5. The molecule has 0 atom stereocenters. The van der Waals surface area contributed by atoms with Gasteiger partial charge in [-0.05, 0) is 43.3 Å². The summed E-state index contributed by atoms with van der Waals surface area (Å²) in [5.41, 5.74) is 1.07. The molecule has 0 radical (unpaired) electrons. The van der Waals surface area contributed by atoms with Crippen molar-refractivity contribution in [1.82, 2.24) is 4.57 Å². The van der Waals surface area contributed by atoms with Gasteiger partial charge in [0.1, 0.15) is 12.3 Å². The lowest BCUT2D eigenvalue weighted by atomic mass is 10.2. The summed E-state index contributed by atoms with van der Waals surface area (Å²) in [4.78, 5) is 29.0. The molecule has 8 heteroatoms. The number of nitrogens with zero attached hydrogens (tertiary/aromatic N) is 2. The molecular weight excluding hydrogens is 388 g/mol. The highest BCUT2D eigenvalue weighted by Gasteiger charge is 2.14. The molecule has 0 spiro atoms. The number of esters is 1. The van der Waals surface area contributed by atoms with Crippen LogP contribution < -0.4 is 9.54 Å². The molecule has 0 aliphatic carbocycles. The maximum Gasteiger partial charge on any atom is 0.325 e. The molecule has 2 aromatic carbocycles. The minimum Gasteiger partial charge on any atom is -0.494 e. The number of hydrogen-bond acceptors (Lipinski definition) is 5. The van der Waals surface area contributed by atoms with Crippen LogP contribution in [0.1, 0.15) is 17.3 Å². The van der Waals surface area contributed by atoms with Crippen molar-refractivity contribution in [3.05, 3.63) is 57.9 Å². The van der Waals surface area contributed by atoms with E-state index in [0.29, 0.717) is 33.3 Å². The number of para-hydroxylation sites is 1. The molecule has 3 rings (SSSR count). The topological polar surface area (TPSA) is 69.9 Å². The molecule has 1 amide bonds. The van der Waals surface area contributed by atoms with Crippen molar-refractivity contribution >= 4 is 45.0 Å². The summed E-state index contributed by atoms with van der Waals surface area (Å²) in [6.45, 7) is 2.35. The van der Waals surface area contributed by atoms with E-state index < -0.39 is 11.9 Å². The van der Waals surface area contributed by atoms with Crippen LogP contribution in [0.25, 0.3) is 10.2 Å². The summed E-state index contributed by atoms with van der Waals surface area (Å²) in [6, 6.07) is 12.1. The predicted octanol–water partition coefficient (Wildman–Crippen LogP) is 3.67. The van der Waals surface area contributed by atoms with Gasteiger partial charge in [-0.2, -0.15) is 4.99 Å². The van der Waals surface area contributed by atoms with Crippen LogP contribution in [0.5, 0.6) is 5.75 Å². The van der Waals surface area contributed by atoms with Gasteiger partial charge in [-0.25, -0.2) is 0 Å². The maximum absolute atomic E-state index is 12.6. The number of thiazole rings is 1. The minimum absolute atomic E-state index is 0.0877. The van der Waals surface area contributed by atoms with E-state index in [9.17, 15) is 9.59 Å². The average molecular weight is 405 g/mol. The second-order valence-corrected chi connectivity index (χ2v) is 6.92. The Morgan fingerprint density at radius 3 is 2.59 bits per heavy atom. The zero-order valence-corrected chi connectivity index (χ0v) is 16.3. The number of halogens is 1. The number of methoxy groups -OCH3 is 1. The van der Waals surface area contributed by atoms with E-state index in [-0.39, 0.29) is 6.54 Å². The van der Waals surface area contributed by atoms with E-state index in [1.807, 2.05) is 19.1 Å². The molecule has 1 heterocycles. The molecule has 27 heavy (non-hydrogen) atoms. The maximum atomic E-state index is 12.6. The number of aromatic nitrogens is 1. The van der Waals surface area contributed by atoms with Gasteiger partial charge >= 0.3 is 5.97 Å². The standard InChI is InChI=1S/C19H17ClN2O4S/c1-3-26-13-9-7-12(8-10-13)18(24)21-19-22(11-16(23)25-2)17-14(20)5-4-6-15(17)27-19/h4-10H,3,11H2,1-2H3. The van der Waals surface area contributed by atoms with Gasteiger partial charge in [-0.15, -0.1) is 0 Å². The molecule has 140 valence electrons. The lowest BCUT2D eigenvalue weighted by Crippen LogP contribution is -2.22. The van der Waals surface area contributed by atoms with Crippen molar-refractivity contribution in [2.45, 2.75) is 13.5 Å². The first kappa shape index (κ1) is 19.1. The third-order valence-corrected chi connectivity index (χ3v) is 5.12. The van der Waals surface area contributed by atoms with Crippen LogP contribution >= 0.6 is 22.9 Å². The van der Waals surface area contributed by atoms with Gasteiger partial charge < -0.3 is 14.0 Å². The summed E-state index contributed by atoms with van der Waals surface area (Å²) < 4.78 is 12.6. The third-order valence-electron chi connectivity index (χ3n) is 3.78. The van der Waals surface area contributed by atoms with Crippen LogP contribution in [0, 0.1) is 0 Å². The van der Waals surface area contributed by atoms with Gasteiger partial charge in [0.2, 0.25) is 0 Å². The first-order valence-electron chi connectivity index (χ1n) is 8.20. The summed E-state index contributed by atoms with van der Waals surface area (Å²) >= 11 is 7.58. The summed E-state index contributed by atoms with van der Waals surface area (Å²) in [5, 5.41) is 0.475. The number of ether oxygens (including phenoxy) is 2. The van der Waals surface area contributed by atoms with Crippen LogP contribution in [0.4, 0.5) is 0 Å². The number of hydrogen-bond donors (Lipinski definition) is 0. The molecule has 3 aromatic rings. The van der Waals surface area contributed by atoms with Crippen molar-refractivity contribution in [2.24, 2.45) is 4.99 Å². The van der Waals surface area contributed by atoms with Gasteiger partial charge in [0.15, 0.2) is 4.80 Å². The Morgan fingerprint density at radius 1 is 1.19 bits per heavy atom.